The normalized spacial score (nSPS) is 15.4. The van der Waals surface area contributed by atoms with Gasteiger partial charge in [0.1, 0.15) is 0 Å². The molecule has 4 rings (SSSR count). The van der Waals surface area contributed by atoms with Crippen LogP contribution in [0, 0.1) is 0 Å². The van der Waals surface area contributed by atoms with Gasteiger partial charge in [0, 0.05) is 40.8 Å². The largest absolute Gasteiger partial charge is 0.360 e. The van der Waals surface area contributed by atoms with Crippen LogP contribution in [0.15, 0.2) is 35.6 Å². The number of fused-ring (bicyclic) bond motifs is 1. The highest BCUT2D eigenvalue weighted by molar-refractivity contribution is 8.00. The van der Waals surface area contributed by atoms with E-state index >= 15 is 0 Å². The monoisotopic (exact) mass is 411 g/mol. The molecule has 3 aromatic rings. The van der Waals surface area contributed by atoms with Gasteiger partial charge in [0.15, 0.2) is 11.0 Å². The van der Waals surface area contributed by atoms with Crippen molar-refractivity contribution in [3.63, 3.8) is 0 Å². The molecule has 0 bridgehead atoms. The first-order valence-corrected chi connectivity index (χ1v) is 11.3. The van der Waals surface area contributed by atoms with Crippen molar-refractivity contribution < 1.29 is 4.79 Å². The number of H-pyrrole nitrogens is 1. The average molecular weight is 412 g/mol. The third kappa shape index (κ3) is 3.80. The van der Waals surface area contributed by atoms with Crippen LogP contribution < -0.4 is 0 Å². The van der Waals surface area contributed by atoms with E-state index in [4.69, 9.17) is 0 Å². The first-order valence-electron chi connectivity index (χ1n) is 10.4. The topological polar surface area (TPSA) is 66.8 Å². The van der Waals surface area contributed by atoms with E-state index in [0.29, 0.717) is 6.04 Å². The number of aromatic amines is 1. The van der Waals surface area contributed by atoms with E-state index in [9.17, 15) is 4.79 Å². The minimum Gasteiger partial charge on any atom is -0.360 e. The van der Waals surface area contributed by atoms with Crippen LogP contribution in [0.1, 0.15) is 53.5 Å². The molecule has 1 fully saturated rings. The predicted octanol–water partition coefficient (Wildman–Crippen LogP) is 4.89. The lowest BCUT2D eigenvalue weighted by atomic mass is 10.1. The van der Waals surface area contributed by atoms with Crippen molar-refractivity contribution in [1.29, 1.82) is 0 Å². The van der Waals surface area contributed by atoms with E-state index in [1.54, 1.807) is 0 Å². The molecule has 2 aromatic heterocycles. The Morgan fingerprint density at radius 3 is 2.48 bits per heavy atom. The molecule has 1 aromatic carbocycles. The number of rotatable bonds is 7. The molecule has 29 heavy (non-hydrogen) atoms. The first kappa shape index (κ1) is 20.0. The van der Waals surface area contributed by atoms with Gasteiger partial charge in [-0.3, -0.25) is 9.36 Å². The number of nitrogens with one attached hydrogen (secondary N) is 1. The lowest BCUT2D eigenvalue weighted by Gasteiger charge is -2.32. The summed E-state index contributed by atoms with van der Waals surface area (Å²) in [4.78, 5) is 18.4. The molecule has 1 N–H and O–H groups in total. The summed E-state index contributed by atoms with van der Waals surface area (Å²) in [6.45, 7) is 10.2. The SMILES string of the molecule is CC(C)N(C(=O)[C@H](C)Sc1nnc(-c2c[nH]c3ccccc23)n1C1CC1)C(C)C. The number of hydrogen-bond donors (Lipinski definition) is 1. The first-order chi connectivity index (χ1) is 13.9. The number of carbonyl (C=O) groups excluding carboxylic acids is 1. The van der Waals surface area contributed by atoms with Crippen LogP contribution in [0.3, 0.4) is 0 Å². The molecule has 0 spiro atoms. The molecule has 0 unspecified atom stereocenters. The molecule has 1 atom stereocenters. The van der Waals surface area contributed by atoms with Crippen molar-refractivity contribution in [3.05, 3.63) is 30.5 Å². The smallest absolute Gasteiger partial charge is 0.236 e. The highest BCUT2D eigenvalue weighted by Gasteiger charge is 2.33. The van der Waals surface area contributed by atoms with Gasteiger partial charge in [0.05, 0.1) is 5.25 Å². The minimum atomic E-state index is -0.211. The zero-order chi connectivity index (χ0) is 20.7. The summed E-state index contributed by atoms with van der Waals surface area (Å²) in [5.74, 6) is 1.04. The van der Waals surface area contributed by atoms with Crippen LogP contribution in [0.5, 0.6) is 0 Å². The second kappa shape index (κ2) is 7.86. The standard InChI is InChI=1S/C22H29N5OS/c1-13(2)26(14(3)4)21(28)15(5)29-22-25-24-20(27(22)16-10-11-16)18-12-23-19-9-7-6-8-17(18)19/h6-9,12-16,23H,10-11H2,1-5H3/t15-/m0/s1. The number of nitrogens with zero attached hydrogens (tertiary/aromatic N) is 4. The third-order valence-electron chi connectivity index (χ3n) is 5.40. The summed E-state index contributed by atoms with van der Waals surface area (Å²) < 4.78 is 2.24. The molecule has 0 radical (unpaired) electrons. The Morgan fingerprint density at radius 1 is 1.14 bits per heavy atom. The Morgan fingerprint density at radius 2 is 1.83 bits per heavy atom. The fourth-order valence-corrected chi connectivity index (χ4v) is 4.96. The third-order valence-corrected chi connectivity index (χ3v) is 6.45. The second-order valence-electron chi connectivity index (χ2n) is 8.35. The van der Waals surface area contributed by atoms with Crippen LogP contribution in [0.25, 0.3) is 22.3 Å². The maximum absolute atomic E-state index is 13.1. The summed E-state index contributed by atoms with van der Waals surface area (Å²) in [5.41, 5.74) is 2.16. The molecule has 6 nitrogen and oxygen atoms in total. The van der Waals surface area contributed by atoms with Gasteiger partial charge >= 0.3 is 0 Å². The van der Waals surface area contributed by atoms with E-state index in [2.05, 4.69) is 59.6 Å². The van der Waals surface area contributed by atoms with E-state index in [-0.39, 0.29) is 23.2 Å². The van der Waals surface area contributed by atoms with Crippen molar-refractivity contribution in [1.82, 2.24) is 24.6 Å². The van der Waals surface area contributed by atoms with Crippen molar-refractivity contribution in [2.24, 2.45) is 0 Å². The molecule has 7 heteroatoms. The van der Waals surface area contributed by atoms with E-state index in [0.717, 1.165) is 40.3 Å². The molecule has 0 aliphatic heterocycles. The summed E-state index contributed by atoms with van der Waals surface area (Å²) in [7, 11) is 0. The van der Waals surface area contributed by atoms with Crippen molar-refractivity contribution in [2.45, 2.75) is 76.0 Å². The highest BCUT2D eigenvalue weighted by Crippen LogP contribution is 2.43. The van der Waals surface area contributed by atoms with Crippen molar-refractivity contribution in [2.75, 3.05) is 0 Å². The highest BCUT2D eigenvalue weighted by atomic mass is 32.2. The quantitative estimate of drug-likeness (QED) is 0.562. The van der Waals surface area contributed by atoms with Gasteiger partial charge < -0.3 is 9.88 Å². The lowest BCUT2D eigenvalue weighted by molar-refractivity contribution is -0.133. The van der Waals surface area contributed by atoms with Gasteiger partial charge in [0.25, 0.3) is 0 Å². The van der Waals surface area contributed by atoms with Crippen LogP contribution in [0.2, 0.25) is 0 Å². The predicted molar refractivity (Wildman–Crippen MR) is 118 cm³/mol. The van der Waals surface area contributed by atoms with Crippen LogP contribution in [0.4, 0.5) is 0 Å². The summed E-state index contributed by atoms with van der Waals surface area (Å²) >= 11 is 1.52. The average Bonchev–Trinajstić information content (AvgIpc) is 3.29. The molecule has 1 aliphatic carbocycles. The fraction of sp³-hybridized carbons (Fsp3) is 0.500. The van der Waals surface area contributed by atoms with Crippen LogP contribution in [-0.4, -0.2) is 47.9 Å². The Kier molecular flexibility index (Phi) is 5.42. The number of para-hydroxylation sites is 1. The Balaban J connectivity index is 1.65. The number of amides is 1. The van der Waals surface area contributed by atoms with Gasteiger partial charge in [0.2, 0.25) is 5.91 Å². The van der Waals surface area contributed by atoms with Gasteiger partial charge in [-0.05, 0) is 53.5 Å². The maximum atomic E-state index is 13.1. The van der Waals surface area contributed by atoms with Gasteiger partial charge in [-0.15, -0.1) is 10.2 Å². The van der Waals surface area contributed by atoms with Crippen molar-refractivity contribution in [3.8, 4) is 11.4 Å². The van der Waals surface area contributed by atoms with Gasteiger partial charge in [-0.25, -0.2) is 0 Å². The van der Waals surface area contributed by atoms with Crippen LogP contribution >= 0.6 is 11.8 Å². The molecule has 154 valence electrons. The Hall–Kier alpha value is -2.28. The fourth-order valence-electron chi connectivity index (χ4n) is 3.98. The number of benzene rings is 1. The van der Waals surface area contributed by atoms with Gasteiger partial charge in [-0.1, -0.05) is 30.0 Å². The molecule has 0 saturated heterocycles. The molecular weight excluding hydrogens is 382 g/mol. The van der Waals surface area contributed by atoms with Gasteiger partial charge in [-0.2, -0.15) is 0 Å². The minimum absolute atomic E-state index is 0.152. The molecule has 2 heterocycles. The molecule has 1 aliphatic rings. The zero-order valence-electron chi connectivity index (χ0n) is 17.7. The molecule has 1 saturated carbocycles. The maximum Gasteiger partial charge on any atom is 0.236 e. The second-order valence-corrected chi connectivity index (χ2v) is 9.66. The lowest BCUT2D eigenvalue weighted by Crippen LogP contribution is -2.45. The summed E-state index contributed by atoms with van der Waals surface area (Å²) in [5, 5.41) is 10.8. The zero-order valence-corrected chi connectivity index (χ0v) is 18.5. The summed E-state index contributed by atoms with van der Waals surface area (Å²) in [6, 6.07) is 9.01. The number of aromatic nitrogens is 4. The molecular formula is C22H29N5OS. The molecule has 1 amide bonds. The summed E-state index contributed by atoms with van der Waals surface area (Å²) in [6.07, 6.45) is 4.27. The number of carbonyl (C=O) groups is 1. The Bertz CT molecular complexity index is 1010. The van der Waals surface area contributed by atoms with Crippen molar-refractivity contribution >= 4 is 28.6 Å². The number of thioether (sulfide) groups is 1. The van der Waals surface area contributed by atoms with E-state index in [1.165, 1.54) is 11.8 Å². The van der Waals surface area contributed by atoms with Crippen LogP contribution in [-0.2, 0) is 4.79 Å². The number of hydrogen-bond acceptors (Lipinski definition) is 4. The Labute approximate surface area is 176 Å². The van der Waals surface area contributed by atoms with E-state index < -0.39 is 0 Å². The van der Waals surface area contributed by atoms with E-state index in [1.807, 2.05) is 30.2 Å².